The van der Waals surface area contributed by atoms with Gasteiger partial charge in [0.2, 0.25) is 0 Å². The van der Waals surface area contributed by atoms with Gasteiger partial charge in [-0.05, 0) is 76.9 Å². The van der Waals surface area contributed by atoms with E-state index < -0.39 is 72.1 Å². The van der Waals surface area contributed by atoms with E-state index in [2.05, 4.69) is 41.4 Å². The highest BCUT2D eigenvalue weighted by molar-refractivity contribution is 7.99. The fraction of sp³-hybridized carbons (Fsp3) is 0.773. The molecule has 0 aromatic heterocycles. The summed E-state index contributed by atoms with van der Waals surface area (Å²) < 4.78 is 74.2. The van der Waals surface area contributed by atoms with Crippen LogP contribution in [0.15, 0.2) is 0 Å². The zero-order chi connectivity index (χ0) is 79.5. The summed E-state index contributed by atoms with van der Waals surface area (Å²) in [4.78, 5) is 167. The molecule has 37 heteroatoms. The Morgan fingerprint density at radius 3 is 1.06 bits per heavy atom. The second kappa shape index (κ2) is 68.4. The van der Waals surface area contributed by atoms with E-state index in [1.165, 1.54) is 84.0 Å². The van der Waals surface area contributed by atoms with Crippen LogP contribution in [0.2, 0.25) is 0 Å². The average Bonchev–Trinajstić information content (AvgIpc) is 0.866. The number of esters is 4. The molecule has 0 radical (unpaired) electrons. The number of carbonyl (C=O) groups is 15. The molecule has 0 aromatic rings. The molecule has 0 rings (SSSR count). The largest absolute Gasteiger partial charge is 0.465 e. The lowest BCUT2D eigenvalue weighted by Crippen LogP contribution is -2.42. The molecule has 1 unspecified atom stereocenters. The third kappa shape index (κ3) is 69.5. The maximum Gasteiger partial charge on any atom is 0.406 e. The summed E-state index contributed by atoms with van der Waals surface area (Å²) in [6.07, 6.45) is 1.91. The van der Waals surface area contributed by atoms with Crippen LogP contribution in [0.5, 0.6) is 0 Å². The molecule has 598 valence electrons. The highest BCUT2D eigenvalue weighted by Gasteiger charge is 2.36. The minimum absolute atomic E-state index is 0.00667. The molecule has 0 aromatic carbocycles. The highest BCUT2D eigenvalue weighted by atomic mass is 32.2. The summed E-state index contributed by atoms with van der Waals surface area (Å²) in [7, 11) is 11.5. The van der Waals surface area contributed by atoms with E-state index in [-0.39, 0.29) is 139 Å². The maximum atomic E-state index is 12.3. The number of hydrogen-bond acceptors (Lipinski definition) is 31. The maximum absolute atomic E-state index is 12.3. The van der Waals surface area contributed by atoms with Crippen molar-refractivity contribution in [2.45, 2.75) is 158 Å². The summed E-state index contributed by atoms with van der Waals surface area (Å²) in [5, 5.41) is 14.3. The van der Waals surface area contributed by atoms with Gasteiger partial charge in [-0.2, -0.15) is 11.8 Å². The topological polar surface area (TPSA) is 467 Å². The van der Waals surface area contributed by atoms with E-state index >= 15 is 0 Å². The van der Waals surface area contributed by atoms with Crippen LogP contribution in [0.4, 0.5) is 28.8 Å². The van der Waals surface area contributed by atoms with E-state index in [0.717, 1.165) is 12.2 Å². The van der Waals surface area contributed by atoms with Crippen molar-refractivity contribution in [3.05, 3.63) is 0 Å². The fourth-order valence-corrected chi connectivity index (χ4v) is 8.89. The van der Waals surface area contributed by atoms with Crippen LogP contribution in [0.3, 0.4) is 0 Å². The number of hydrogen-bond donors (Lipinski definition) is 6. The number of amides is 6. The van der Waals surface area contributed by atoms with Gasteiger partial charge < -0.3 is 103 Å². The predicted octanol–water partition coefficient (Wildman–Crippen LogP) is 5.10. The van der Waals surface area contributed by atoms with Crippen LogP contribution in [-0.2, 0) is 114 Å². The van der Waals surface area contributed by atoms with Crippen LogP contribution >= 0.6 is 11.8 Å². The summed E-state index contributed by atoms with van der Waals surface area (Å²) in [5.74, 6) is -0.546. The van der Waals surface area contributed by atoms with Gasteiger partial charge in [0.1, 0.15) is 76.6 Å². The van der Waals surface area contributed by atoms with E-state index in [0.29, 0.717) is 83.2 Å². The first kappa shape index (κ1) is 104. The van der Waals surface area contributed by atoms with Crippen LogP contribution in [-0.4, -0.2) is 275 Å². The number of carbonyl (C=O) groups excluding carboxylic acids is 15. The van der Waals surface area contributed by atoms with E-state index in [4.69, 9.17) is 61.6 Å². The Bertz CT molecular complexity index is 2230. The van der Waals surface area contributed by atoms with Gasteiger partial charge in [0.15, 0.2) is 17.3 Å². The van der Waals surface area contributed by atoms with Crippen LogP contribution in [0.25, 0.3) is 0 Å². The first-order valence-electron chi connectivity index (χ1n) is 33.2. The summed E-state index contributed by atoms with van der Waals surface area (Å²) in [6.45, 7) is 14.9. The Morgan fingerprint density at radius 1 is 0.388 bits per heavy atom. The molecule has 0 aliphatic heterocycles. The van der Waals surface area contributed by atoms with Crippen molar-refractivity contribution in [3.63, 3.8) is 0 Å². The number of alkyl carbamates (subject to hydrolysis) is 6. The van der Waals surface area contributed by atoms with Crippen molar-refractivity contribution in [2.75, 3.05) is 167 Å². The Kier molecular flexibility index (Phi) is 68.8. The molecule has 36 nitrogen and oxygen atoms in total. The van der Waals surface area contributed by atoms with Crippen LogP contribution in [0, 0.1) is 10.8 Å². The van der Waals surface area contributed by atoms with E-state index in [1.807, 2.05) is 13.8 Å². The Hall–Kier alpha value is -8.00. The van der Waals surface area contributed by atoms with Crippen LogP contribution in [0.1, 0.15) is 139 Å². The van der Waals surface area contributed by atoms with Crippen molar-refractivity contribution >= 4 is 101 Å². The van der Waals surface area contributed by atoms with Gasteiger partial charge in [0.25, 0.3) is 0 Å². The number of ether oxygens (including phenoxy) is 15. The third-order valence-electron chi connectivity index (χ3n) is 13.0. The predicted molar refractivity (Wildman–Crippen MR) is 373 cm³/mol. The first-order chi connectivity index (χ1) is 48.7. The highest BCUT2D eigenvalue weighted by Crippen LogP contribution is 2.39. The molecule has 0 fully saturated rings. The number of nitrogens with one attached hydrogen (secondary N) is 6. The second-order valence-electron chi connectivity index (χ2n) is 22.4. The quantitative estimate of drug-likeness (QED) is 0.0262. The molecule has 0 saturated heterocycles. The van der Waals surface area contributed by atoms with Gasteiger partial charge in [0, 0.05) is 114 Å². The van der Waals surface area contributed by atoms with Gasteiger partial charge in [-0.3, -0.25) is 43.2 Å². The van der Waals surface area contributed by atoms with Crippen molar-refractivity contribution < 1.29 is 143 Å². The molecule has 6 N–H and O–H groups in total. The number of Topliss-reactive ketones (excluding diaryl/α,β-unsaturated/α-hetero) is 5. The van der Waals surface area contributed by atoms with Crippen molar-refractivity contribution in [1.29, 1.82) is 0 Å². The van der Waals surface area contributed by atoms with Crippen molar-refractivity contribution in [3.8, 4) is 0 Å². The van der Waals surface area contributed by atoms with Crippen molar-refractivity contribution in [2.24, 2.45) is 10.8 Å². The molecule has 0 heterocycles. The van der Waals surface area contributed by atoms with Crippen molar-refractivity contribution in [1.82, 2.24) is 31.9 Å². The molecule has 0 spiro atoms. The lowest BCUT2D eigenvalue weighted by Gasteiger charge is -2.34. The molecule has 0 aliphatic rings. The Morgan fingerprint density at radius 2 is 0.738 bits per heavy atom. The van der Waals surface area contributed by atoms with E-state index in [1.54, 1.807) is 32.9 Å². The zero-order valence-electron chi connectivity index (χ0n) is 63.4. The van der Waals surface area contributed by atoms with Crippen LogP contribution < -0.4 is 31.9 Å². The normalized spacial score (nSPS) is 10.7. The molecular formula is C66H118N6O30S. The van der Waals surface area contributed by atoms with Gasteiger partial charge in [-0.1, -0.05) is 20.8 Å². The number of rotatable bonds is 50. The molecular weight excluding hydrogens is 1390 g/mol. The minimum Gasteiger partial charge on any atom is -0.465 e. The monoisotopic (exact) mass is 1510 g/mol. The molecule has 0 bridgehead atoms. The second-order valence-corrected chi connectivity index (χ2v) is 23.5. The Balaban J connectivity index is -0.000000400. The molecule has 6 amide bonds. The Labute approximate surface area is 609 Å². The first-order valence-corrected chi connectivity index (χ1v) is 34.4. The standard InChI is InChI=1S/C20H37N3O7.C17H28O7S.C11H19NO6.C10H18N2O6.C8H16O4/c1-5-16(24)15-20(9-6-12-28-17(25)21-2,10-7-13-29-18(26)22-3)11-8-14-30-19(27)23-4;1-5-16(21)7-6-8-25-12-17(9-22-13(2)18,10-23-14(3)19)11-24-15(4)20;1-4-10(14)17-6-9(16-5-8(2)13)7-18-11(15)12-3;1-7(13)6-18-8(4-11-9(14)16-2)5-12-10(15)17-3;1-7(9)4-12-8(5-10-2)6-11-3/h5-15H2,1-4H3,(H,21,25)(H,22,26)(H,23,27);5-12H2,1-4H3;9H,4-7H2,1-3H3,(H,12,15);8H,4-6H2,1-3H3,(H,11,14)(H,12,15);8H,4-6H2,1-3H3. The van der Waals surface area contributed by atoms with Gasteiger partial charge in [-0.15, -0.1) is 0 Å². The summed E-state index contributed by atoms with van der Waals surface area (Å²) in [6, 6.07) is 0. The number of thioether (sulfide) groups is 1. The lowest BCUT2D eigenvalue weighted by atomic mass is 9.71. The molecule has 103 heavy (non-hydrogen) atoms. The van der Waals surface area contributed by atoms with Gasteiger partial charge >= 0.3 is 60.4 Å². The number of methoxy groups -OCH3 is 4. The SMILES string of the molecule is CCC(=O)CC(CCCOC(=O)NC)(CCCOC(=O)NC)CCCOC(=O)NC.CCC(=O)CCCSCC(COC(C)=O)(COC(C)=O)COC(C)=O.CCC(=O)OCC(COC(=O)NC)OCC(C)=O.COC(=O)NCC(CNC(=O)OC)OCC(C)=O.COCC(COC)OCC(C)=O. The zero-order valence-corrected chi connectivity index (χ0v) is 64.2. The summed E-state index contributed by atoms with van der Waals surface area (Å²) in [5.41, 5.74) is -1.17. The third-order valence-corrected chi connectivity index (χ3v) is 14.4. The minimum atomic E-state index is -0.817. The average molecular weight is 1510 g/mol. The molecule has 0 aliphatic carbocycles. The summed E-state index contributed by atoms with van der Waals surface area (Å²) >= 11 is 1.54. The fourth-order valence-electron chi connectivity index (χ4n) is 7.71. The molecule has 0 saturated carbocycles. The molecule has 1 atom stereocenters. The smallest absolute Gasteiger partial charge is 0.406 e. The van der Waals surface area contributed by atoms with Gasteiger partial charge in [0.05, 0.1) is 58.8 Å². The number of ketones is 5. The van der Waals surface area contributed by atoms with Gasteiger partial charge in [-0.25, -0.2) is 28.8 Å². The van der Waals surface area contributed by atoms with E-state index in [9.17, 15) is 71.9 Å². The lowest BCUT2D eigenvalue weighted by molar-refractivity contribution is -0.157.